The molecule has 1 aliphatic heterocycles. The lowest BCUT2D eigenvalue weighted by atomic mass is 9.89. The van der Waals surface area contributed by atoms with Crippen molar-refractivity contribution in [3.8, 4) is 6.07 Å². The van der Waals surface area contributed by atoms with Crippen molar-refractivity contribution in [1.82, 2.24) is 4.90 Å². The van der Waals surface area contributed by atoms with Crippen LogP contribution < -0.4 is 0 Å². The Morgan fingerprint density at radius 3 is 2.36 bits per heavy atom. The standard InChI is InChI=1S/C27H22Cl2N2O2/c1-2-7-24-27(32)31(23(17-30)18-8-4-3-5-9-18)25(19-12-14-21(28)15-13-19)26(33-24)20-10-6-11-22(29)16-20/h2-6,8-16,23-26H,1,7H2/t23-,24+,25-,26+/m1/s1. The maximum atomic E-state index is 13.7. The molecule has 4 rings (SSSR count). The highest BCUT2D eigenvalue weighted by atomic mass is 35.5. The number of hydrogen-bond acceptors (Lipinski definition) is 3. The Hall–Kier alpha value is -3.10. The van der Waals surface area contributed by atoms with E-state index in [1.54, 1.807) is 29.2 Å². The van der Waals surface area contributed by atoms with Gasteiger partial charge in [-0.15, -0.1) is 6.58 Å². The molecule has 1 heterocycles. The molecule has 166 valence electrons. The highest BCUT2D eigenvalue weighted by molar-refractivity contribution is 6.30. The Bertz CT molecular complexity index is 1170. The van der Waals surface area contributed by atoms with Gasteiger partial charge in [0.25, 0.3) is 5.91 Å². The molecule has 4 nitrogen and oxygen atoms in total. The van der Waals surface area contributed by atoms with Gasteiger partial charge < -0.3 is 9.64 Å². The Morgan fingerprint density at radius 1 is 1.00 bits per heavy atom. The van der Waals surface area contributed by atoms with Gasteiger partial charge in [0.2, 0.25) is 0 Å². The van der Waals surface area contributed by atoms with E-state index >= 15 is 0 Å². The van der Waals surface area contributed by atoms with Crippen LogP contribution >= 0.6 is 23.2 Å². The van der Waals surface area contributed by atoms with Crippen molar-refractivity contribution in [2.24, 2.45) is 0 Å². The fourth-order valence-corrected chi connectivity index (χ4v) is 4.55. The minimum atomic E-state index is -0.808. The number of ether oxygens (including phenoxy) is 1. The molecule has 0 spiro atoms. The number of halogens is 2. The summed E-state index contributed by atoms with van der Waals surface area (Å²) in [6, 6.07) is 24.9. The second kappa shape index (κ2) is 10.2. The van der Waals surface area contributed by atoms with Gasteiger partial charge in [0.1, 0.15) is 18.2 Å². The summed E-state index contributed by atoms with van der Waals surface area (Å²) in [7, 11) is 0. The van der Waals surface area contributed by atoms with Gasteiger partial charge in [-0.25, -0.2) is 0 Å². The predicted octanol–water partition coefficient (Wildman–Crippen LogP) is 6.84. The van der Waals surface area contributed by atoms with Gasteiger partial charge in [0.15, 0.2) is 0 Å². The number of nitriles is 1. The van der Waals surface area contributed by atoms with E-state index in [2.05, 4.69) is 12.6 Å². The number of hydrogen-bond donors (Lipinski definition) is 0. The van der Waals surface area contributed by atoms with Crippen LogP contribution in [0, 0.1) is 11.3 Å². The molecule has 1 aliphatic rings. The Kier molecular flexibility index (Phi) is 7.15. The first-order valence-corrected chi connectivity index (χ1v) is 11.3. The molecule has 0 aromatic heterocycles. The Balaban J connectivity index is 1.91. The maximum Gasteiger partial charge on any atom is 0.254 e. The molecule has 3 aromatic carbocycles. The molecule has 3 aromatic rings. The van der Waals surface area contributed by atoms with Crippen LogP contribution in [0.4, 0.5) is 0 Å². The minimum Gasteiger partial charge on any atom is -0.358 e. The van der Waals surface area contributed by atoms with Crippen molar-refractivity contribution in [3.63, 3.8) is 0 Å². The SMILES string of the molecule is C=CC[C@@H]1O[C@@H](c2cccc(Cl)c2)[C@@H](c2ccc(Cl)cc2)N([C@H](C#N)c2ccccc2)C1=O. The average Bonchev–Trinajstić information content (AvgIpc) is 2.83. The fourth-order valence-electron chi connectivity index (χ4n) is 4.23. The number of amides is 1. The third-order valence-corrected chi connectivity index (χ3v) is 6.20. The molecule has 1 amide bonds. The van der Waals surface area contributed by atoms with Crippen LogP contribution in [-0.2, 0) is 9.53 Å². The second-order valence-electron chi connectivity index (χ2n) is 7.81. The first kappa shape index (κ1) is 23.1. The quantitative estimate of drug-likeness (QED) is 0.365. The highest BCUT2D eigenvalue weighted by Crippen LogP contribution is 2.46. The Labute approximate surface area is 203 Å². The van der Waals surface area contributed by atoms with Gasteiger partial charge in [-0.05, 0) is 41.0 Å². The van der Waals surface area contributed by atoms with Crippen molar-refractivity contribution in [2.45, 2.75) is 30.7 Å². The van der Waals surface area contributed by atoms with Crippen molar-refractivity contribution >= 4 is 29.1 Å². The number of carbonyl (C=O) groups excluding carboxylic acids is 1. The van der Waals surface area contributed by atoms with Gasteiger partial charge in [-0.3, -0.25) is 4.79 Å². The first-order chi connectivity index (χ1) is 16.0. The van der Waals surface area contributed by atoms with Gasteiger partial charge in [0, 0.05) is 16.5 Å². The summed E-state index contributed by atoms with van der Waals surface area (Å²) in [5.41, 5.74) is 2.36. The largest absolute Gasteiger partial charge is 0.358 e. The topological polar surface area (TPSA) is 53.3 Å². The van der Waals surface area contributed by atoms with Crippen LogP contribution in [0.2, 0.25) is 10.0 Å². The number of morpholine rings is 1. The maximum absolute atomic E-state index is 13.7. The first-order valence-electron chi connectivity index (χ1n) is 10.6. The minimum absolute atomic E-state index is 0.261. The van der Waals surface area contributed by atoms with Crippen LogP contribution in [0.3, 0.4) is 0 Å². The van der Waals surface area contributed by atoms with E-state index in [0.717, 1.165) is 16.7 Å². The van der Waals surface area contributed by atoms with Gasteiger partial charge in [0.05, 0.1) is 12.1 Å². The molecule has 0 radical (unpaired) electrons. The zero-order chi connectivity index (χ0) is 23.4. The summed E-state index contributed by atoms with van der Waals surface area (Å²) in [6.45, 7) is 3.78. The van der Waals surface area contributed by atoms with Crippen LogP contribution in [0.5, 0.6) is 0 Å². The lowest BCUT2D eigenvalue weighted by molar-refractivity contribution is -0.177. The monoisotopic (exact) mass is 476 g/mol. The number of rotatable bonds is 6. The van der Waals surface area contributed by atoms with E-state index in [0.29, 0.717) is 16.5 Å². The fraction of sp³-hybridized carbons (Fsp3) is 0.185. The molecule has 0 bridgehead atoms. The zero-order valence-electron chi connectivity index (χ0n) is 17.8. The summed E-state index contributed by atoms with van der Waals surface area (Å²) in [5.74, 6) is -0.261. The molecule has 0 N–H and O–H groups in total. The molecule has 0 aliphatic carbocycles. The summed E-state index contributed by atoms with van der Waals surface area (Å²) in [6.07, 6.45) is 0.663. The van der Waals surface area contributed by atoms with Gasteiger partial charge in [-0.2, -0.15) is 5.26 Å². The molecule has 4 atom stereocenters. The van der Waals surface area contributed by atoms with Crippen molar-refractivity contribution < 1.29 is 9.53 Å². The average molecular weight is 477 g/mol. The third kappa shape index (κ3) is 4.82. The second-order valence-corrected chi connectivity index (χ2v) is 8.68. The van der Waals surface area contributed by atoms with Crippen LogP contribution in [0.15, 0.2) is 91.5 Å². The molecule has 1 fully saturated rings. The lowest BCUT2D eigenvalue weighted by Gasteiger charge is -2.46. The molecule has 1 saturated heterocycles. The van der Waals surface area contributed by atoms with Crippen molar-refractivity contribution in [3.05, 3.63) is 118 Å². The van der Waals surface area contributed by atoms with E-state index in [1.165, 1.54) is 0 Å². The smallest absolute Gasteiger partial charge is 0.254 e. The van der Waals surface area contributed by atoms with Crippen LogP contribution in [-0.4, -0.2) is 16.9 Å². The van der Waals surface area contributed by atoms with Gasteiger partial charge in [-0.1, -0.05) is 83.9 Å². The summed E-state index contributed by atoms with van der Waals surface area (Å²) >= 11 is 12.5. The summed E-state index contributed by atoms with van der Waals surface area (Å²) < 4.78 is 6.37. The number of carbonyl (C=O) groups is 1. The van der Waals surface area contributed by atoms with E-state index < -0.39 is 24.3 Å². The third-order valence-electron chi connectivity index (χ3n) is 5.71. The predicted molar refractivity (Wildman–Crippen MR) is 130 cm³/mol. The molecular formula is C27H22Cl2N2O2. The molecule has 0 unspecified atom stereocenters. The molecule has 0 saturated carbocycles. The molecule has 33 heavy (non-hydrogen) atoms. The zero-order valence-corrected chi connectivity index (χ0v) is 19.3. The number of nitrogens with zero attached hydrogens (tertiary/aromatic N) is 2. The van der Waals surface area contributed by atoms with E-state index in [1.807, 2.05) is 60.7 Å². The molecule has 6 heteroatoms. The van der Waals surface area contributed by atoms with E-state index in [9.17, 15) is 10.1 Å². The lowest BCUT2D eigenvalue weighted by Crippen LogP contribution is -2.51. The van der Waals surface area contributed by atoms with Crippen molar-refractivity contribution in [1.29, 1.82) is 5.26 Å². The highest BCUT2D eigenvalue weighted by Gasteiger charge is 2.47. The summed E-state index contributed by atoms with van der Waals surface area (Å²) in [5, 5.41) is 11.4. The van der Waals surface area contributed by atoms with Crippen molar-refractivity contribution in [2.75, 3.05) is 0 Å². The van der Waals surface area contributed by atoms with Crippen LogP contribution in [0.1, 0.15) is 41.3 Å². The van der Waals surface area contributed by atoms with Gasteiger partial charge >= 0.3 is 0 Å². The Morgan fingerprint density at radius 2 is 1.73 bits per heavy atom. The van der Waals surface area contributed by atoms with E-state index in [-0.39, 0.29) is 5.91 Å². The van der Waals surface area contributed by atoms with Crippen LogP contribution in [0.25, 0.3) is 0 Å². The molecular weight excluding hydrogens is 455 g/mol. The summed E-state index contributed by atoms with van der Waals surface area (Å²) in [4.78, 5) is 15.4. The number of benzene rings is 3. The van der Waals surface area contributed by atoms with E-state index in [4.69, 9.17) is 27.9 Å². The normalized spacial score (nSPS) is 21.3.